The van der Waals surface area contributed by atoms with E-state index in [0.717, 1.165) is 13.2 Å². The van der Waals surface area contributed by atoms with Crippen molar-refractivity contribution >= 4 is 37.6 Å². The van der Waals surface area contributed by atoms with Crippen molar-refractivity contribution in [2.75, 3.05) is 30.8 Å². The highest BCUT2D eigenvalue weighted by Gasteiger charge is 2.37. The van der Waals surface area contributed by atoms with E-state index in [1.807, 2.05) is 4.72 Å². The van der Waals surface area contributed by atoms with Crippen LogP contribution in [-0.4, -0.2) is 55.2 Å². The van der Waals surface area contributed by atoms with E-state index in [2.05, 4.69) is 4.74 Å². The Kier molecular flexibility index (Phi) is 5.34. The van der Waals surface area contributed by atoms with E-state index in [9.17, 15) is 26.4 Å². The Morgan fingerprint density at radius 1 is 1.32 bits per heavy atom. The number of carbonyl (C=O) groups is 2. The fraction of sp³-hybridized carbons (Fsp3) is 0.385. The molecule has 1 aromatic rings. The first-order chi connectivity index (χ1) is 11.6. The van der Waals surface area contributed by atoms with Crippen molar-refractivity contribution in [3.63, 3.8) is 0 Å². The van der Waals surface area contributed by atoms with E-state index in [-0.39, 0.29) is 23.6 Å². The van der Waals surface area contributed by atoms with Gasteiger partial charge < -0.3 is 9.47 Å². The molecule has 1 aliphatic heterocycles. The van der Waals surface area contributed by atoms with Crippen molar-refractivity contribution in [1.29, 1.82) is 0 Å². The van der Waals surface area contributed by atoms with Crippen molar-refractivity contribution in [2.45, 2.75) is 11.3 Å². The van der Waals surface area contributed by atoms with Gasteiger partial charge >= 0.3 is 5.97 Å². The summed E-state index contributed by atoms with van der Waals surface area (Å²) >= 11 is 0. The van der Waals surface area contributed by atoms with Crippen LogP contribution in [0.2, 0.25) is 0 Å². The predicted octanol–water partition coefficient (Wildman–Crippen LogP) is -0.787. The number of amides is 1. The first-order valence-corrected chi connectivity index (χ1v) is 10.0. The maximum atomic E-state index is 12.4. The summed E-state index contributed by atoms with van der Waals surface area (Å²) < 4.78 is 60.7. The highest BCUT2D eigenvalue weighted by molar-refractivity contribution is 7.94. The molecule has 1 fully saturated rings. The van der Waals surface area contributed by atoms with Crippen molar-refractivity contribution in [3.8, 4) is 5.75 Å². The lowest BCUT2D eigenvalue weighted by atomic mass is 10.3. The Labute approximate surface area is 144 Å². The van der Waals surface area contributed by atoms with Crippen LogP contribution in [-0.2, 0) is 34.4 Å². The van der Waals surface area contributed by atoms with Crippen LogP contribution >= 0.6 is 0 Å². The second-order valence-corrected chi connectivity index (χ2v) is 8.63. The van der Waals surface area contributed by atoms with Crippen LogP contribution in [0.25, 0.3) is 0 Å². The summed E-state index contributed by atoms with van der Waals surface area (Å²) in [5, 5.41) is 0. The van der Waals surface area contributed by atoms with Gasteiger partial charge in [0.15, 0.2) is 0 Å². The van der Waals surface area contributed by atoms with Gasteiger partial charge in [-0.2, -0.15) is 4.72 Å². The molecule has 1 saturated heterocycles. The van der Waals surface area contributed by atoms with E-state index in [0.29, 0.717) is 4.31 Å². The summed E-state index contributed by atoms with van der Waals surface area (Å²) in [7, 11) is -5.74. The van der Waals surface area contributed by atoms with Crippen LogP contribution in [0.1, 0.15) is 6.42 Å². The molecule has 10 nitrogen and oxygen atoms in total. The number of methoxy groups -OCH3 is 2. The number of sulfonamides is 2. The van der Waals surface area contributed by atoms with Crippen LogP contribution < -0.4 is 13.8 Å². The highest BCUT2D eigenvalue weighted by Crippen LogP contribution is 2.32. The molecule has 138 valence electrons. The van der Waals surface area contributed by atoms with Gasteiger partial charge in [-0.3, -0.25) is 9.59 Å². The van der Waals surface area contributed by atoms with Gasteiger partial charge in [0.1, 0.15) is 17.2 Å². The third-order valence-electron chi connectivity index (χ3n) is 3.38. The van der Waals surface area contributed by atoms with E-state index in [1.54, 1.807) is 0 Å². The smallest absolute Gasteiger partial charge is 0.320 e. The van der Waals surface area contributed by atoms with Crippen molar-refractivity contribution in [2.24, 2.45) is 0 Å². The number of rotatable bonds is 6. The first-order valence-electron chi connectivity index (χ1n) is 6.93. The molecule has 1 heterocycles. The van der Waals surface area contributed by atoms with Gasteiger partial charge in [0.05, 0.1) is 25.7 Å². The maximum absolute atomic E-state index is 12.4. The molecule has 1 aromatic carbocycles. The zero-order valence-corrected chi connectivity index (χ0v) is 15.0. The minimum atomic E-state index is -4.22. The molecule has 0 spiro atoms. The van der Waals surface area contributed by atoms with Crippen LogP contribution in [0.4, 0.5) is 5.69 Å². The number of hydrogen-bond acceptors (Lipinski definition) is 8. The Balaban J connectivity index is 2.48. The van der Waals surface area contributed by atoms with Crippen molar-refractivity contribution < 1.29 is 35.9 Å². The normalized spacial score (nSPS) is 16.7. The largest absolute Gasteiger partial charge is 0.495 e. The summed E-state index contributed by atoms with van der Waals surface area (Å²) in [6, 6.07) is 3.49. The van der Waals surface area contributed by atoms with E-state index < -0.39 is 43.4 Å². The predicted molar refractivity (Wildman–Crippen MR) is 86.1 cm³/mol. The Bertz CT molecular complexity index is 908. The fourth-order valence-electron chi connectivity index (χ4n) is 2.17. The van der Waals surface area contributed by atoms with Gasteiger partial charge in [0.2, 0.25) is 26.0 Å². The van der Waals surface area contributed by atoms with Gasteiger partial charge in [0.25, 0.3) is 0 Å². The molecule has 1 aliphatic rings. The fourth-order valence-corrected chi connectivity index (χ4v) is 4.78. The molecule has 25 heavy (non-hydrogen) atoms. The van der Waals surface area contributed by atoms with E-state index in [4.69, 9.17) is 4.74 Å². The van der Waals surface area contributed by atoms with Gasteiger partial charge in [-0.25, -0.2) is 21.1 Å². The molecule has 0 aliphatic carbocycles. The molecule has 1 amide bonds. The van der Waals surface area contributed by atoms with Gasteiger partial charge in [-0.1, -0.05) is 0 Å². The summed E-state index contributed by atoms with van der Waals surface area (Å²) in [6.07, 6.45) is -0.183. The number of nitrogens with zero attached hydrogens (tertiary/aromatic N) is 1. The molecule has 12 heteroatoms. The summed E-state index contributed by atoms with van der Waals surface area (Å²) in [6.45, 7) is -0.618. The zero-order valence-electron chi connectivity index (χ0n) is 13.4. The lowest BCUT2D eigenvalue weighted by Gasteiger charge is -2.17. The maximum Gasteiger partial charge on any atom is 0.320 e. The molecule has 0 bridgehead atoms. The van der Waals surface area contributed by atoms with E-state index >= 15 is 0 Å². The molecule has 0 saturated carbocycles. The number of ether oxygens (including phenoxy) is 2. The molecular formula is C13H16N2O8S2. The zero-order chi connectivity index (χ0) is 18.8. The quantitative estimate of drug-likeness (QED) is 0.622. The molecule has 0 unspecified atom stereocenters. The standard InChI is InChI=1S/C13H16N2O8S2/c1-22-10-4-3-9(15-12(16)5-6-24(15,18)19)7-11(10)25(20,21)14-8-13(17)23-2/h3-4,7,14H,5-6,8H2,1-2H3. The third-order valence-corrected chi connectivity index (χ3v) is 6.50. The van der Waals surface area contributed by atoms with Gasteiger partial charge in [-0.05, 0) is 18.2 Å². The second kappa shape index (κ2) is 6.98. The topological polar surface area (TPSA) is 136 Å². The summed E-state index contributed by atoms with van der Waals surface area (Å²) in [5.41, 5.74) is -0.123. The van der Waals surface area contributed by atoms with Gasteiger partial charge in [-0.15, -0.1) is 0 Å². The van der Waals surface area contributed by atoms with Gasteiger partial charge in [0, 0.05) is 6.42 Å². The third kappa shape index (κ3) is 3.91. The lowest BCUT2D eigenvalue weighted by Crippen LogP contribution is -2.32. The minimum absolute atomic E-state index is 0.0786. The number of nitrogens with one attached hydrogen (secondary N) is 1. The number of esters is 1. The summed E-state index contributed by atoms with van der Waals surface area (Å²) in [5.74, 6) is -1.89. The van der Waals surface area contributed by atoms with E-state index in [1.165, 1.54) is 19.2 Å². The molecule has 0 atom stereocenters. The number of hydrogen-bond donors (Lipinski definition) is 1. The number of carbonyl (C=O) groups excluding carboxylic acids is 2. The first kappa shape index (κ1) is 19.1. The average molecular weight is 392 g/mol. The van der Waals surface area contributed by atoms with Crippen molar-refractivity contribution in [3.05, 3.63) is 18.2 Å². The summed E-state index contributed by atoms with van der Waals surface area (Å²) in [4.78, 5) is 22.6. The minimum Gasteiger partial charge on any atom is -0.495 e. The lowest BCUT2D eigenvalue weighted by molar-refractivity contribution is -0.139. The number of benzene rings is 1. The Hall–Kier alpha value is -2.18. The molecule has 0 aromatic heterocycles. The van der Waals surface area contributed by atoms with Crippen LogP contribution in [0, 0.1) is 0 Å². The van der Waals surface area contributed by atoms with Crippen LogP contribution in [0.3, 0.4) is 0 Å². The number of anilines is 1. The molecular weight excluding hydrogens is 376 g/mol. The molecule has 0 radical (unpaired) electrons. The van der Waals surface area contributed by atoms with Crippen molar-refractivity contribution in [1.82, 2.24) is 4.72 Å². The monoisotopic (exact) mass is 392 g/mol. The Morgan fingerprint density at radius 3 is 2.52 bits per heavy atom. The average Bonchev–Trinajstić information content (AvgIpc) is 2.85. The molecule has 2 rings (SSSR count). The second-order valence-electron chi connectivity index (χ2n) is 4.96. The Morgan fingerprint density at radius 2 is 2.00 bits per heavy atom. The SMILES string of the molecule is COC(=O)CNS(=O)(=O)c1cc(N2C(=O)CCS2(=O)=O)ccc1OC. The highest BCUT2D eigenvalue weighted by atomic mass is 32.2. The van der Waals surface area contributed by atoms with Crippen LogP contribution in [0.5, 0.6) is 5.75 Å². The van der Waals surface area contributed by atoms with Crippen LogP contribution in [0.15, 0.2) is 23.1 Å². The molecule has 1 N–H and O–H groups in total.